The molecule has 4 heterocycles. The molecule has 35 heavy (non-hydrogen) atoms. The van der Waals surface area contributed by atoms with Crippen LogP contribution in [0.3, 0.4) is 0 Å². The van der Waals surface area contributed by atoms with Gasteiger partial charge in [-0.05, 0) is 48.8 Å². The number of halogens is 2. The Hall–Kier alpha value is -3.95. The second-order valence-corrected chi connectivity index (χ2v) is 9.65. The normalized spacial score (nSPS) is 19.4. The Labute approximate surface area is 199 Å². The number of rotatable bonds is 5. The zero-order chi connectivity index (χ0) is 24.5. The van der Waals surface area contributed by atoms with Gasteiger partial charge in [-0.1, -0.05) is 19.9 Å². The molecule has 1 atom stereocenters. The molecule has 0 bridgehead atoms. The van der Waals surface area contributed by atoms with Crippen LogP contribution < -0.4 is 11.1 Å². The highest BCUT2D eigenvalue weighted by atomic mass is 19.2. The number of imidazole rings is 1. The lowest BCUT2D eigenvalue weighted by Gasteiger charge is -2.28. The zero-order valence-electron chi connectivity index (χ0n) is 19.2. The standard InChI is InChI=1S/C25H23F2N7O/c1-12(2)9-17-23-29-7-8-34(23)11-18(30-17)21-31-20(28)19-22(32-21)33-24(35)25(19,13-3-4-13)14-5-6-15(26)16(27)10-14/h5-8,10-13H,3-4,9H2,1-2H3,(H3,28,31,32,33,35). The highest BCUT2D eigenvalue weighted by Gasteiger charge is 2.59. The SMILES string of the molecule is CC(C)Cc1nc(-c2nc(N)c3c(n2)NC(=O)C3(c2ccc(F)c(F)c2)C2CC2)cn2ccnc12. The van der Waals surface area contributed by atoms with Crippen molar-refractivity contribution in [2.45, 2.75) is 38.5 Å². The van der Waals surface area contributed by atoms with Gasteiger partial charge in [0.05, 0.1) is 11.3 Å². The van der Waals surface area contributed by atoms with Gasteiger partial charge in [-0.25, -0.2) is 28.7 Å². The summed E-state index contributed by atoms with van der Waals surface area (Å²) in [7, 11) is 0. The van der Waals surface area contributed by atoms with Crippen LogP contribution in [-0.4, -0.2) is 30.2 Å². The minimum atomic E-state index is -1.27. The van der Waals surface area contributed by atoms with Gasteiger partial charge in [-0.3, -0.25) is 4.79 Å². The number of nitrogen functional groups attached to an aromatic ring is 1. The molecule has 2 aliphatic rings. The molecule has 0 spiro atoms. The van der Waals surface area contributed by atoms with Crippen LogP contribution >= 0.6 is 0 Å². The lowest BCUT2D eigenvalue weighted by molar-refractivity contribution is -0.120. The summed E-state index contributed by atoms with van der Waals surface area (Å²) in [6.45, 7) is 4.20. The van der Waals surface area contributed by atoms with Crippen molar-refractivity contribution < 1.29 is 13.6 Å². The second-order valence-electron chi connectivity index (χ2n) is 9.65. The van der Waals surface area contributed by atoms with Crippen molar-refractivity contribution in [3.05, 3.63) is 65.2 Å². The Morgan fingerprint density at radius 3 is 2.71 bits per heavy atom. The van der Waals surface area contributed by atoms with E-state index in [-0.39, 0.29) is 29.3 Å². The third-order valence-electron chi connectivity index (χ3n) is 6.76. The number of nitrogens with one attached hydrogen (secondary N) is 1. The predicted octanol–water partition coefficient (Wildman–Crippen LogP) is 3.89. The van der Waals surface area contributed by atoms with E-state index in [0.717, 1.165) is 36.3 Å². The molecule has 3 N–H and O–H groups in total. The number of fused-ring (bicyclic) bond motifs is 2. The van der Waals surface area contributed by atoms with Crippen LogP contribution in [0.4, 0.5) is 20.4 Å². The van der Waals surface area contributed by atoms with Crippen LogP contribution in [0.15, 0.2) is 36.8 Å². The molecule has 8 nitrogen and oxygen atoms in total. The van der Waals surface area contributed by atoms with Gasteiger partial charge in [-0.2, -0.15) is 0 Å². The average molecular weight is 476 g/mol. The van der Waals surface area contributed by atoms with E-state index < -0.39 is 17.0 Å². The first-order chi connectivity index (χ1) is 16.8. The third kappa shape index (κ3) is 3.19. The molecular formula is C25H23F2N7O. The van der Waals surface area contributed by atoms with Crippen LogP contribution in [-0.2, 0) is 16.6 Å². The number of hydrogen-bond acceptors (Lipinski definition) is 6. The fourth-order valence-electron chi connectivity index (χ4n) is 5.18. The fourth-order valence-corrected chi connectivity index (χ4v) is 5.18. The summed E-state index contributed by atoms with van der Waals surface area (Å²) in [6.07, 6.45) is 7.52. The molecule has 1 aliphatic heterocycles. The lowest BCUT2D eigenvalue weighted by atomic mass is 9.71. The summed E-state index contributed by atoms with van der Waals surface area (Å²) in [5, 5.41) is 2.84. The number of nitrogens with zero attached hydrogens (tertiary/aromatic N) is 5. The van der Waals surface area contributed by atoms with E-state index in [9.17, 15) is 13.6 Å². The van der Waals surface area contributed by atoms with Crippen molar-refractivity contribution in [3.8, 4) is 11.5 Å². The van der Waals surface area contributed by atoms with Gasteiger partial charge in [-0.15, -0.1) is 0 Å². The molecule has 1 amide bonds. The van der Waals surface area contributed by atoms with E-state index >= 15 is 0 Å². The highest BCUT2D eigenvalue weighted by molar-refractivity contribution is 6.10. The smallest absolute Gasteiger partial charge is 0.241 e. The molecule has 10 heteroatoms. The number of hydrogen-bond donors (Lipinski definition) is 2. The van der Waals surface area contributed by atoms with Gasteiger partial charge >= 0.3 is 0 Å². The number of carbonyl (C=O) groups excluding carboxylic acids is 1. The summed E-state index contributed by atoms with van der Waals surface area (Å²) in [5.41, 5.74) is 8.02. The van der Waals surface area contributed by atoms with Gasteiger partial charge in [0.25, 0.3) is 0 Å². The molecule has 4 aromatic rings. The predicted molar refractivity (Wildman–Crippen MR) is 125 cm³/mol. The minimum absolute atomic E-state index is 0.108. The summed E-state index contributed by atoms with van der Waals surface area (Å²) in [5.74, 6) is -1.46. The Balaban J connectivity index is 1.52. The monoisotopic (exact) mass is 475 g/mol. The summed E-state index contributed by atoms with van der Waals surface area (Å²) >= 11 is 0. The number of aromatic nitrogens is 5. The minimum Gasteiger partial charge on any atom is -0.383 e. The van der Waals surface area contributed by atoms with E-state index in [1.165, 1.54) is 6.07 Å². The zero-order valence-corrected chi connectivity index (χ0v) is 19.2. The molecule has 1 saturated carbocycles. The lowest BCUT2D eigenvalue weighted by Crippen LogP contribution is -2.38. The van der Waals surface area contributed by atoms with Crippen LogP contribution in [0.1, 0.15) is 43.5 Å². The first-order valence-corrected chi connectivity index (χ1v) is 11.6. The Morgan fingerprint density at radius 2 is 2.00 bits per heavy atom. The molecule has 3 aromatic heterocycles. The molecule has 1 aromatic carbocycles. The largest absolute Gasteiger partial charge is 0.383 e. The topological polar surface area (TPSA) is 111 Å². The summed E-state index contributed by atoms with van der Waals surface area (Å²) in [4.78, 5) is 31.8. The van der Waals surface area contributed by atoms with Gasteiger partial charge < -0.3 is 15.5 Å². The summed E-state index contributed by atoms with van der Waals surface area (Å²) in [6, 6.07) is 3.54. The molecule has 1 aliphatic carbocycles. The van der Waals surface area contributed by atoms with Crippen molar-refractivity contribution in [1.82, 2.24) is 24.3 Å². The van der Waals surface area contributed by atoms with Crippen molar-refractivity contribution in [2.75, 3.05) is 11.1 Å². The van der Waals surface area contributed by atoms with Crippen LogP contribution in [0, 0.1) is 23.5 Å². The molecule has 1 unspecified atom stereocenters. The Morgan fingerprint density at radius 1 is 1.20 bits per heavy atom. The van der Waals surface area contributed by atoms with Gasteiger partial charge in [0.1, 0.15) is 22.7 Å². The second kappa shape index (κ2) is 7.53. The Kier molecular flexibility index (Phi) is 4.64. The summed E-state index contributed by atoms with van der Waals surface area (Å²) < 4.78 is 29.8. The highest BCUT2D eigenvalue weighted by Crippen LogP contribution is 2.57. The van der Waals surface area contributed by atoms with Crippen molar-refractivity contribution >= 4 is 23.2 Å². The van der Waals surface area contributed by atoms with E-state index in [0.29, 0.717) is 29.2 Å². The van der Waals surface area contributed by atoms with Gasteiger partial charge in [0.15, 0.2) is 23.1 Å². The van der Waals surface area contributed by atoms with E-state index in [1.54, 1.807) is 12.4 Å². The van der Waals surface area contributed by atoms with Crippen LogP contribution in [0.25, 0.3) is 17.2 Å². The third-order valence-corrected chi connectivity index (χ3v) is 6.76. The number of carbonyl (C=O) groups is 1. The fraction of sp³-hybridized carbons (Fsp3) is 0.320. The molecule has 0 saturated heterocycles. The average Bonchev–Trinajstić information content (AvgIpc) is 3.45. The van der Waals surface area contributed by atoms with Crippen molar-refractivity contribution in [3.63, 3.8) is 0 Å². The first-order valence-electron chi connectivity index (χ1n) is 11.6. The molecule has 6 rings (SSSR count). The van der Waals surface area contributed by atoms with Crippen LogP contribution in [0.5, 0.6) is 0 Å². The van der Waals surface area contributed by atoms with Crippen molar-refractivity contribution in [1.29, 1.82) is 0 Å². The Bertz CT molecular complexity index is 1510. The van der Waals surface area contributed by atoms with E-state index in [4.69, 9.17) is 10.7 Å². The molecule has 0 radical (unpaired) electrons. The van der Waals surface area contributed by atoms with Crippen LogP contribution in [0.2, 0.25) is 0 Å². The molecule has 178 valence electrons. The number of anilines is 2. The maximum Gasteiger partial charge on any atom is 0.241 e. The van der Waals surface area contributed by atoms with E-state index in [1.807, 2.05) is 10.6 Å². The maximum atomic E-state index is 14.2. The van der Waals surface area contributed by atoms with Gasteiger partial charge in [0.2, 0.25) is 5.91 Å². The number of benzene rings is 1. The van der Waals surface area contributed by atoms with Crippen molar-refractivity contribution in [2.24, 2.45) is 11.8 Å². The number of amides is 1. The molecule has 1 fully saturated rings. The quantitative estimate of drug-likeness (QED) is 0.453. The van der Waals surface area contributed by atoms with Gasteiger partial charge in [0, 0.05) is 18.6 Å². The maximum absolute atomic E-state index is 14.2. The first kappa shape index (κ1) is 21.6. The molecular weight excluding hydrogens is 452 g/mol. The van der Waals surface area contributed by atoms with E-state index in [2.05, 4.69) is 34.1 Å². The number of nitrogens with two attached hydrogens (primary N) is 1.